The third-order valence-electron chi connectivity index (χ3n) is 3.18. The van der Waals surface area contributed by atoms with E-state index in [2.05, 4.69) is 5.32 Å². The molecule has 0 aliphatic heterocycles. The Morgan fingerprint density at radius 2 is 2.00 bits per heavy atom. The lowest BCUT2D eigenvalue weighted by Gasteiger charge is -2.25. The van der Waals surface area contributed by atoms with Gasteiger partial charge in [0.2, 0.25) is 0 Å². The van der Waals surface area contributed by atoms with Crippen molar-refractivity contribution in [2.45, 2.75) is 32.3 Å². The number of halogens is 2. The van der Waals surface area contributed by atoms with Crippen molar-refractivity contribution in [3.63, 3.8) is 0 Å². The van der Waals surface area contributed by atoms with E-state index in [4.69, 9.17) is 27.9 Å². The number of ether oxygens (including phenoxy) is 1. The molecule has 0 radical (unpaired) electrons. The summed E-state index contributed by atoms with van der Waals surface area (Å²) >= 11 is 11.7. The molecule has 0 fully saturated rings. The maximum atomic E-state index is 11.7. The summed E-state index contributed by atoms with van der Waals surface area (Å²) in [5.41, 5.74) is -0.867. The van der Waals surface area contributed by atoms with E-state index in [0.29, 0.717) is 28.6 Å². The van der Waals surface area contributed by atoms with Crippen LogP contribution >= 0.6 is 23.2 Å². The summed E-state index contributed by atoms with van der Waals surface area (Å²) in [7, 11) is 0. The van der Waals surface area contributed by atoms with Gasteiger partial charge in [-0.1, -0.05) is 37.0 Å². The molecule has 0 aliphatic rings. The molecule has 0 saturated carbocycles. The van der Waals surface area contributed by atoms with Crippen molar-refractivity contribution in [3.05, 3.63) is 28.2 Å². The Balaban J connectivity index is 2.44. The number of carbonyl (C=O) groups is 1. The van der Waals surface area contributed by atoms with Gasteiger partial charge in [0.15, 0.2) is 6.61 Å². The van der Waals surface area contributed by atoms with Crippen LogP contribution in [0.5, 0.6) is 5.75 Å². The van der Waals surface area contributed by atoms with Crippen molar-refractivity contribution in [2.24, 2.45) is 0 Å². The molecule has 1 aromatic carbocycles. The van der Waals surface area contributed by atoms with Crippen LogP contribution in [-0.2, 0) is 4.79 Å². The molecule has 0 heterocycles. The number of rotatable bonds is 7. The molecular weight excluding hydrogens is 301 g/mol. The molecule has 0 saturated heterocycles. The average Bonchev–Trinajstić information content (AvgIpc) is 2.44. The Bertz CT molecular complexity index is 462. The standard InChI is InChI=1S/C14H19Cl2NO3/c1-3-14(19,4-2)9-17-13(18)8-20-12-6-5-10(15)7-11(12)16/h5-7,19H,3-4,8-9H2,1-2H3,(H,17,18). The lowest BCUT2D eigenvalue weighted by Crippen LogP contribution is -2.43. The minimum atomic E-state index is -0.867. The number of nitrogens with one attached hydrogen (secondary N) is 1. The Hall–Kier alpha value is -0.970. The average molecular weight is 320 g/mol. The predicted octanol–water partition coefficient (Wildman–Crippen LogP) is 3.04. The van der Waals surface area contributed by atoms with Crippen LogP contribution in [0.15, 0.2) is 18.2 Å². The Morgan fingerprint density at radius 1 is 1.35 bits per heavy atom. The van der Waals surface area contributed by atoms with Crippen LogP contribution in [0.25, 0.3) is 0 Å². The number of carbonyl (C=O) groups excluding carboxylic acids is 1. The molecule has 4 nitrogen and oxygen atoms in total. The molecule has 1 amide bonds. The molecule has 112 valence electrons. The molecule has 6 heteroatoms. The maximum Gasteiger partial charge on any atom is 0.258 e. The highest BCUT2D eigenvalue weighted by molar-refractivity contribution is 6.35. The van der Waals surface area contributed by atoms with Crippen LogP contribution in [0, 0.1) is 0 Å². The molecule has 1 rings (SSSR count). The first-order valence-electron chi connectivity index (χ1n) is 6.47. The fourth-order valence-electron chi connectivity index (χ4n) is 1.55. The topological polar surface area (TPSA) is 58.6 Å². The number of hydrogen-bond donors (Lipinski definition) is 2. The van der Waals surface area contributed by atoms with Crippen molar-refractivity contribution in [1.29, 1.82) is 0 Å². The van der Waals surface area contributed by atoms with E-state index < -0.39 is 5.60 Å². The van der Waals surface area contributed by atoms with Crippen LogP contribution in [-0.4, -0.2) is 29.8 Å². The van der Waals surface area contributed by atoms with E-state index in [1.807, 2.05) is 13.8 Å². The first-order chi connectivity index (χ1) is 9.40. The number of benzene rings is 1. The number of aliphatic hydroxyl groups is 1. The second-order valence-electron chi connectivity index (χ2n) is 4.57. The van der Waals surface area contributed by atoms with Gasteiger partial charge in [-0.3, -0.25) is 4.79 Å². The first kappa shape index (κ1) is 17.1. The maximum absolute atomic E-state index is 11.7. The van der Waals surface area contributed by atoms with Crippen molar-refractivity contribution in [2.75, 3.05) is 13.2 Å². The van der Waals surface area contributed by atoms with E-state index in [1.165, 1.54) is 0 Å². The van der Waals surface area contributed by atoms with Crippen molar-refractivity contribution in [1.82, 2.24) is 5.32 Å². The van der Waals surface area contributed by atoms with Crippen molar-refractivity contribution in [3.8, 4) is 5.75 Å². The molecule has 0 aliphatic carbocycles. The molecule has 2 N–H and O–H groups in total. The number of amides is 1. The summed E-state index contributed by atoms with van der Waals surface area (Å²) in [6.45, 7) is 3.79. The van der Waals surface area contributed by atoms with Gasteiger partial charge in [0.25, 0.3) is 5.91 Å². The van der Waals surface area contributed by atoms with Gasteiger partial charge in [0, 0.05) is 11.6 Å². The molecule has 0 atom stereocenters. The number of hydrogen-bond acceptors (Lipinski definition) is 3. The largest absolute Gasteiger partial charge is 0.482 e. The first-order valence-corrected chi connectivity index (χ1v) is 7.22. The van der Waals surface area contributed by atoms with Gasteiger partial charge in [0.05, 0.1) is 10.6 Å². The third-order valence-corrected chi connectivity index (χ3v) is 3.71. The fraction of sp³-hybridized carbons (Fsp3) is 0.500. The van der Waals surface area contributed by atoms with Crippen molar-refractivity contribution >= 4 is 29.1 Å². The summed E-state index contributed by atoms with van der Waals surface area (Å²) < 4.78 is 5.30. The van der Waals surface area contributed by atoms with Gasteiger partial charge < -0.3 is 15.2 Å². The van der Waals surface area contributed by atoms with Crippen LogP contribution in [0.4, 0.5) is 0 Å². The molecule has 20 heavy (non-hydrogen) atoms. The zero-order chi connectivity index (χ0) is 15.2. The summed E-state index contributed by atoms with van der Waals surface area (Å²) in [4.78, 5) is 11.7. The summed E-state index contributed by atoms with van der Waals surface area (Å²) in [6, 6.07) is 4.78. The fourth-order valence-corrected chi connectivity index (χ4v) is 2.01. The van der Waals surface area contributed by atoms with Gasteiger partial charge in [0.1, 0.15) is 5.75 Å². The molecular formula is C14H19Cl2NO3. The highest BCUT2D eigenvalue weighted by Gasteiger charge is 2.22. The van der Waals surface area contributed by atoms with E-state index in [0.717, 1.165) is 0 Å². The monoisotopic (exact) mass is 319 g/mol. The molecule has 0 unspecified atom stereocenters. The van der Waals surface area contributed by atoms with Crippen LogP contribution < -0.4 is 10.1 Å². The lowest BCUT2D eigenvalue weighted by molar-refractivity contribution is -0.124. The summed E-state index contributed by atoms with van der Waals surface area (Å²) in [5, 5.41) is 13.5. The second-order valence-corrected chi connectivity index (χ2v) is 5.42. The molecule has 0 bridgehead atoms. The smallest absolute Gasteiger partial charge is 0.258 e. The van der Waals surface area contributed by atoms with Gasteiger partial charge in [-0.05, 0) is 31.0 Å². The van der Waals surface area contributed by atoms with Crippen molar-refractivity contribution < 1.29 is 14.6 Å². The zero-order valence-electron chi connectivity index (χ0n) is 11.6. The predicted molar refractivity (Wildman–Crippen MR) is 80.5 cm³/mol. The third kappa shape index (κ3) is 5.19. The zero-order valence-corrected chi connectivity index (χ0v) is 13.1. The van der Waals surface area contributed by atoms with E-state index in [-0.39, 0.29) is 19.1 Å². The normalized spacial score (nSPS) is 11.2. The highest BCUT2D eigenvalue weighted by Crippen LogP contribution is 2.27. The lowest BCUT2D eigenvalue weighted by atomic mass is 9.98. The molecule has 0 aromatic heterocycles. The Kier molecular flexibility index (Phi) is 6.59. The van der Waals surface area contributed by atoms with Gasteiger partial charge in [-0.25, -0.2) is 0 Å². The van der Waals surface area contributed by atoms with Crippen LogP contribution in [0.2, 0.25) is 10.0 Å². The quantitative estimate of drug-likeness (QED) is 0.812. The van der Waals surface area contributed by atoms with Crippen LogP contribution in [0.1, 0.15) is 26.7 Å². The van der Waals surface area contributed by atoms with E-state index >= 15 is 0 Å². The minimum Gasteiger partial charge on any atom is -0.482 e. The minimum absolute atomic E-state index is 0.162. The van der Waals surface area contributed by atoms with Gasteiger partial charge >= 0.3 is 0 Å². The Labute approximate surface area is 129 Å². The second kappa shape index (κ2) is 7.72. The SMILES string of the molecule is CCC(O)(CC)CNC(=O)COc1ccc(Cl)cc1Cl. The van der Waals surface area contributed by atoms with Crippen LogP contribution in [0.3, 0.4) is 0 Å². The van der Waals surface area contributed by atoms with Gasteiger partial charge in [-0.2, -0.15) is 0 Å². The molecule has 0 spiro atoms. The highest BCUT2D eigenvalue weighted by atomic mass is 35.5. The summed E-state index contributed by atoms with van der Waals surface area (Å²) in [6.07, 6.45) is 1.15. The van der Waals surface area contributed by atoms with Gasteiger partial charge in [-0.15, -0.1) is 0 Å². The Morgan fingerprint density at radius 3 is 2.55 bits per heavy atom. The van der Waals surface area contributed by atoms with E-state index in [1.54, 1.807) is 18.2 Å². The van der Waals surface area contributed by atoms with E-state index in [9.17, 15) is 9.90 Å². The molecule has 1 aromatic rings. The summed E-state index contributed by atoms with van der Waals surface area (Å²) in [5.74, 6) is 0.0869.